The number of carbonyl (C=O) groups excluding carboxylic acids is 1. The van der Waals surface area contributed by atoms with E-state index in [1.165, 1.54) is 38.5 Å². The summed E-state index contributed by atoms with van der Waals surface area (Å²) in [6, 6.07) is 2.43. The van der Waals surface area contributed by atoms with E-state index in [1.807, 2.05) is 6.92 Å². The topological polar surface area (TPSA) is 54.3 Å². The highest BCUT2D eigenvalue weighted by atomic mass is 35.5. The number of halogens is 1. The Labute approximate surface area is 127 Å². The molecule has 2 N–H and O–H groups in total. The number of carbonyl (C=O) groups is 1. The van der Waals surface area contributed by atoms with Crippen LogP contribution < -0.4 is 10.6 Å². The summed E-state index contributed by atoms with van der Waals surface area (Å²) in [7, 11) is 0. The molecule has 0 atom stereocenters. The lowest BCUT2D eigenvalue weighted by Gasteiger charge is -2.16. The van der Waals surface area contributed by atoms with Gasteiger partial charge < -0.3 is 15.1 Å². The van der Waals surface area contributed by atoms with E-state index in [0.717, 1.165) is 12.1 Å². The van der Waals surface area contributed by atoms with E-state index < -0.39 is 0 Å². The maximum absolute atomic E-state index is 11.8. The minimum atomic E-state index is -0.120. The van der Waals surface area contributed by atoms with Gasteiger partial charge in [0.15, 0.2) is 5.76 Å². The van der Waals surface area contributed by atoms with Crippen LogP contribution in [0.3, 0.4) is 0 Å². The van der Waals surface area contributed by atoms with E-state index in [1.54, 1.807) is 12.3 Å². The molecule has 0 saturated heterocycles. The van der Waals surface area contributed by atoms with E-state index in [9.17, 15) is 4.79 Å². The molecule has 1 heterocycles. The standard InChI is InChI=1S/C15H24N2O2.ClH/c1-12-8-11-19-14(12)15(18)17-10-9-16-13-6-4-2-3-5-7-13;/h8,11,13,16H,2-7,9-10H2,1H3,(H,17,18);1H. The van der Waals surface area contributed by atoms with E-state index in [4.69, 9.17) is 4.42 Å². The van der Waals surface area contributed by atoms with Crippen molar-refractivity contribution in [1.29, 1.82) is 0 Å². The number of nitrogens with one attached hydrogen (secondary N) is 2. The summed E-state index contributed by atoms with van der Waals surface area (Å²) in [6.07, 6.45) is 9.48. The number of hydrogen-bond acceptors (Lipinski definition) is 3. The zero-order valence-electron chi connectivity index (χ0n) is 12.1. The Hall–Kier alpha value is -1.00. The summed E-state index contributed by atoms with van der Waals surface area (Å²) in [5, 5.41) is 6.42. The fraction of sp³-hybridized carbons (Fsp3) is 0.667. The maximum atomic E-state index is 11.8. The summed E-state index contributed by atoms with van der Waals surface area (Å²) in [6.45, 7) is 3.35. The van der Waals surface area contributed by atoms with Crippen LogP contribution in [-0.4, -0.2) is 25.0 Å². The second kappa shape index (κ2) is 9.03. The van der Waals surface area contributed by atoms with Crippen LogP contribution in [0.15, 0.2) is 16.7 Å². The van der Waals surface area contributed by atoms with Gasteiger partial charge in [0, 0.05) is 24.7 Å². The van der Waals surface area contributed by atoms with Crippen molar-refractivity contribution in [3.05, 3.63) is 23.7 Å². The Morgan fingerprint density at radius 1 is 1.25 bits per heavy atom. The summed E-state index contributed by atoms with van der Waals surface area (Å²) < 4.78 is 5.16. The average molecular weight is 301 g/mol. The lowest BCUT2D eigenvalue weighted by molar-refractivity contribution is 0.0925. The Morgan fingerprint density at radius 3 is 2.55 bits per heavy atom. The van der Waals surface area contributed by atoms with Crippen molar-refractivity contribution < 1.29 is 9.21 Å². The third-order valence-corrected chi connectivity index (χ3v) is 3.77. The van der Waals surface area contributed by atoms with Crippen molar-refractivity contribution in [3.8, 4) is 0 Å². The first-order valence-electron chi connectivity index (χ1n) is 7.33. The summed E-state index contributed by atoms with van der Waals surface area (Å²) in [5.74, 6) is 0.305. The third kappa shape index (κ3) is 5.17. The quantitative estimate of drug-likeness (QED) is 0.649. The van der Waals surface area contributed by atoms with Gasteiger partial charge in [0.1, 0.15) is 0 Å². The zero-order chi connectivity index (χ0) is 13.5. The van der Waals surface area contributed by atoms with Crippen molar-refractivity contribution >= 4 is 18.3 Å². The Kier molecular flexibility index (Phi) is 7.70. The molecule has 2 rings (SSSR count). The highest BCUT2D eigenvalue weighted by Gasteiger charge is 2.13. The zero-order valence-corrected chi connectivity index (χ0v) is 12.9. The number of aryl methyl sites for hydroxylation is 1. The molecule has 1 aliphatic carbocycles. The molecule has 0 unspecified atom stereocenters. The predicted molar refractivity (Wildman–Crippen MR) is 82.5 cm³/mol. The summed E-state index contributed by atoms with van der Waals surface area (Å²) in [5.41, 5.74) is 0.884. The summed E-state index contributed by atoms with van der Waals surface area (Å²) >= 11 is 0. The van der Waals surface area contributed by atoms with Gasteiger partial charge in [-0.1, -0.05) is 25.7 Å². The molecule has 4 nitrogen and oxygen atoms in total. The van der Waals surface area contributed by atoms with Crippen LogP contribution in [0.4, 0.5) is 0 Å². The summed E-state index contributed by atoms with van der Waals surface area (Å²) in [4.78, 5) is 11.8. The van der Waals surface area contributed by atoms with Crippen molar-refractivity contribution in [2.24, 2.45) is 0 Å². The van der Waals surface area contributed by atoms with Gasteiger partial charge in [-0.25, -0.2) is 0 Å². The van der Waals surface area contributed by atoms with E-state index in [-0.39, 0.29) is 18.3 Å². The molecule has 1 aliphatic rings. The number of furan rings is 1. The molecule has 0 bridgehead atoms. The van der Waals surface area contributed by atoms with Gasteiger partial charge >= 0.3 is 0 Å². The van der Waals surface area contributed by atoms with E-state index in [0.29, 0.717) is 18.3 Å². The third-order valence-electron chi connectivity index (χ3n) is 3.77. The first-order chi connectivity index (χ1) is 9.27. The van der Waals surface area contributed by atoms with Crippen LogP contribution in [-0.2, 0) is 0 Å². The van der Waals surface area contributed by atoms with Gasteiger partial charge in [-0.3, -0.25) is 4.79 Å². The highest BCUT2D eigenvalue weighted by Crippen LogP contribution is 2.16. The van der Waals surface area contributed by atoms with Crippen molar-refractivity contribution in [2.45, 2.75) is 51.5 Å². The minimum Gasteiger partial charge on any atom is -0.459 e. The van der Waals surface area contributed by atoms with Gasteiger partial charge in [-0.2, -0.15) is 0 Å². The first-order valence-corrected chi connectivity index (χ1v) is 7.33. The van der Waals surface area contributed by atoms with E-state index >= 15 is 0 Å². The first kappa shape index (κ1) is 17.1. The van der Waals surface area contributed by atoms with Gasteiger partial charge in [0.2, 0.25) is 0 Å². The molecule has 114 valence electrons. The van der Waals surface area contributed by atoms with Crippen LogP contribution >= 0.6 is 12.4 Å². The average Bonchev–Trinajstić information content (AvgIpc) is 2.68. The predicted octanol–water partition coefficient (Wildman–Crippen LogP) is 3.05. The van der Waals surface area contributed by atoms with Gasteiger partial charge in [0.05, 0.1) is 6.26 Å². The van der Waals surface area contributed by atoms with Gasteiger partial charge in [-0.05, 0) is 25.8 Å². The maximum Gasteiger partial charge on any atom is 0.287 e. The van der Waals surface area contributed by atoms with Gasteiger partial charge in [-0.15, -0.1) is 12.4 Å². The molecule has 1 saturated carbocycles. The van der Waals surface area contributed by atoms with Crippen LogP contribution in [0.5, 0.6) is 0 Å². The monoisotopic (exact) mass is 300 g/mol. The molecular weight excluding hydrogens is 276 g/mol. The molecule has 20 heavy (non-hydrogen) atoms. The molecule has 0 radical (unpaired) electrons. The molecule has 1 amide bonds. The number of hydrogen-bond donors (Lipinski definition) is 2. The SMILES string of the molecule is Cc1ccoc1C(=O)NCCNC1CCCCCC1.Cl. The Morgan fingerprint density at radius 2 is 1.95 bits per heavy atom. The fourth-order valence-electron chi connectivity index (χ4n) is 2.62. The normalized spacial score (nSPS) is 16.2. The Balaban J connectivity index is 0.00000200. The molecule has 0 spiro atoms. The molecular formula is C15H25ClN2O2. The van der Waals surface area contributed by atoms with Crippen molar-refractivity contribution in [1.82, 2.24) is 10.6 Å². The minimum absolute atomic E-state index is 0. The largest absolute Gasteiger partial charge is 0.459 e. The number of amides is 1. The second-order valence-corrected chi connectivity index (χ2v) is 5.33. The Bertz CT molecular complexity index is 398. The molecule has 0 aromatic carbocycles. The lowest BCUT2D eigenvalue weighted by Crippen LogP contribution is -2.36. The lowest BCUT2D eigenvalue weighted by atomic mass is 10.1. The van der Waals surface area contributed by atoms with Crippen LogP contribution in [0.1, 0.15) is 54.6 Å². The van der Waals surface area contributed by atoms with Crippen molar-refractivity contribution in [2.75, 3.05) is 13.1 Å². The van der Waals surface area contributed by atoms with Crippen LogP contribution in [0, 0.1) is 6.92 Å². The molecule has 1 aromatic heterocycles. The van der Waals surface area contributed by atoms with Crippen LogP contribution in [0.25, 0.3) is 0 Å². The van der Waals surface area contributed by atoms with E-state index in [2.05, 4.69) is 10.6 Å². The highest BCUT2D eigenvalue weighted by molar-refractivity contribution is 5.92. The molecule has 5 heteroatoms. The second-order valence-electron chi connectivity index (χ2n) is 5.33. The molecule has 1 aromatic rings. The molecule has 0 aliphatic heterocycles. The van der Waals surface area contributed by atoms with Gasteiger partial charge in [0.25, 0.3) is 5.91 Å². The molecule has 1 fully saturated rings. The smallest absolute Gasteiger partial charge is 0.287 e. The van der Waals surface area contributed by atoms with Crippen molar-refractivity contribution in [3.63, 3.8) is 0 Å². The fourth-order valence-corrected chi connectivity index (χ4v) is 2.62. The number of rotatable bonds is 5. The van der Waals surface area contributed by atoms with Crippen LogP contribution in [0.2, 0.25) is 0 Å².